The fraction of sp³-hybridized carbons (Fsp3) is 0.714. The monoisotopic (exact) mass is 1090 g/mol. The van der Waals surface area contributed by atoms with Gasteiger partial charge in [-0.2, -0.15) is 119 Å². The summed E-state index contributed by atoms with van der Waals surface area (Å²) in [7, 11) is 0. The minimum atomic E-state index is -8.75. The zero-order valence-corrected chi connectivity index (χ0v) is 34.2. The summed E-state index contributed by atoms with van der Waals surface area (Å²) >= 11 is 0. The number of hydrogen-bond donors (Lipinski definition) is 1. The van der Waals surface area contributed by atoms with Crippen molar-refractivity contribution in [1.29, 1.82) is 0 Å². The summed E-state index contributed by atoms with van der Waals surface area (Å²) in [5, 5.41) is 10.0. The Kier molecular flexibility index (Phi) is 18.8. The van der Waals surface area contributed by atoms with Crippen LogP contribution in [-0.2, 0) is 25.4 Å². The second-order valence-corrected chi connectivity index (χ2v) is 14.4. The van der Waals surface area contributed by atoms with Gasteiger partial charge in [-0.1, -0.05) is 51.2 Å². The normalized spacial score (nSPS) is 15.4. The van der Waals surface area contributed by atoms with Gasteiger partial charge in [0.15, 0.2) is 5.82 Å². The van der Waals surface area contributed by atoms with Crippen LogP contribution in [0, 0.1) is 0 Å². The lowest BCUT2D eigenvalue weighted by Gasteiger charge is -2.40. The molecule has 1 N–H and O–H groups in total. The van der Waals surface area contributed by atoms with E-state index in [2.05, 4.69) is 14.7 Å². The van der Waals surface area contributed by atoms with Crippen LogP contribution < -0.4 is 4.74 Å². The predicted molar refractivity (Wildman–Crippen MR) is 176 cm³/mol. The molecule has 0 saturated heterocycles. The zero-order valence-electron chi connectivity index (χ0n) is 34.2. The van der Waals surface area contributed by atoms with Crippen molar-refractivity contribution >= 4 is 0 Å². The molecule has 0 saturated carbocycles. The molecule has 0 aliphatic heterocycles. The van der Waals surface area contributed by atoms with Crippen molar-refractivity contribution in [1.82, 2.24) is 9.97 Å². The number of para-hydroxylation sites is 1. The number of unbranched alkanes of at least 4 members (excludes halogenated alkanes) is 5. The van der Waals surface area contributed by atoms with Crippen LogP contribution in [0.2, 0.25) is 0 Å². The molecular weight excluding hydrogens is 1060 g/mol. The second kappa shape index (κ2) is 21.2. The predicted octanol–water partition coefficient (Wildman–Crippen LogP) is 12.8. The maximum absolute atomic E-state index is 14.3. The highest BCUT2D eigenvalue weighted by atomic mass is 19.4. The number of nitrogens with zero attached hydrogens (tertiary/aromatic N) is 2. The summed E-state index contributed by atoms with van der Waals surface area (Å²) in [6, 6.07) is 5.37. The first-order chi connectivity index (χ1) is 31.3. The molecule has 0 bridgehead atoms. The van der Waals surface area contributed by atoms with E-state index < -0.39 is 104 Å². The van der Waals surface area contributed by atoms with Crippen molar-refractivity contribution < 1.29 is 147 Å². The lowest BCUT2D eigenvalue weighted by atomic mass is 9.98. The minimum absolute atomic E-state index is 0.0230. The average Bonchev–Trinajstić information content (AvgIpc) is 3.19. The third-order valence-corrected chi connectivity index (χ3v) is 8.85. The summed E-state index contributed by atoms with van der Waals surface area (Å²) in [6.45, 7) is -4.02. The molecule has 1 atom stereocenters. The van der Waals surface area contributed by atoms with Crippen molar-refractivity contribution in [3.8, 4) is 17.1 Å². The van der Waals surface area contributed by atoms with E-state index in [0.717, 1.165) is 58.3 Å². The maximum Gasteiger partial charge on any atom is 0.460 e. The Labute approximate surface area is 373 Å². The Morgan fingerprint density at radius 2 is 0.900 bits per heavy atom. The molecule has 406 valence electrons. The molecule has 35 heteroatoms. The Morgan fingerprint density at radius 1 is 0.486 bits per heavy atom. The number of alkyl halides is 27. The van der Waals surface area contributed by atoms with E-state index in [1.807, 2.05) is 6.92 Å². The Morgan fingerprint density at radius 3 is 1.36 bits per heavy atom. The van der Waals surface area contributed by atoms with E-state index in [0.29, 0.717) is 6.42 Å². The van der Waals surface area contributed by atoms with Crippen LogP contribution in [-0.4, -0.2) is 119 Å². The van der Waals surface area contributed by atoms with Gasteiger partial charge >= 0.3 is 78.4 Å². The van der Waals surface area contributed by atoms with E-state index in [1.54, 1.807) is 0 Å². The van der Waals surface area contributed by atoms with E-state index in [1.165, 1.54) is 36.7 Å². The number of aryl methyl sites for hydroxylation is 1. The molecule has 0 fully saturated rings. The van der Waals surface area contributed by atoms with Gasteiger partial charge in [0.1, 0.15) is 25.1 Å². The molecular formula is C35H31F27N2O6. The number of aromatic nitrogens is 2. The smallest absolute Gasteiger partial charge is 0.460 e. The molecule has 2 aromatic rings. The SMILES string of the molecule is CCCCCCCCc1cnc(-c2ccccc2OC[C@@H](O)COCC(F)(F)C(F)(F)C(F)(F)C(F)(F)C(F)(F)OC(F)(F)C(F)(F)OC(F)(F)C(F)(F)OC(F)(F)C(F)(F)C(F)(F)C(F)(F)F)nc1. The molecule has 1 aromatic carbocycles. The number of aliphatic hydroxyl groups is 1. The highest BCUT2D eigenvalue weighted by Crippen LogP contribution is 2.60. The summed E-state index contributed by atoms with van der Waals surface area (Å²) in [6.07, 6.45) is -51.3. The van der Waals surface area contributed by atoms with Gasteiger partial charge in [-0.25, -0.2) is 24.2 Å². The first-order valence-corrected chi connectivity index (χ1v) is 18.8. The fourth-order valence-corrected chi connectivity index (χ4v) is 4.98. The minimum Gasteiger partial charge on any atom is -0.490 e. The van der Waals surface area contributed by atoms with Crippen molar-refractivity contribution in [2.45, 2.75) is 136 Å². The number of aliphatic hydroxyl groups excluding tert-OH is 1. The van der Waals surface area contributed by atoms with E-state index >= 15 is 0 Å². The van der Waals surface area contributed by atoms with Crippen LogP contribution in [0.4, 0.5) is 119 Å². The van der Waals surface area contributed by atoms with Crippen LogP contribution >= 0.6 is 0 Å². The Balaban J connectivity index is 2.18. The number of rotatable bonds is 29. The molecule has 2 rings (SSSR count). The van der Waals surface area contributed by atoms with Gasteiger partial charge < -0.3 is 14.6 Å². The lowest BCUT2D eigenvalue weighted by molar-refractivity contribution is -0.577. The molecule has 0 radical (unpaired) electrons. The topological polar surface area (TPSA) is 92.2 Å². The molecule has 0 aliphatic rings. The molecule has 8 nitrogen and oxygen atoms in total. The van der Waals surface area contributed by atoms with Crippen molar-refractivity contribution in [3.63, 3.8) is 0 Å². The molecule has 0 unspecified atom stereocenters. The summed E-state index contributed by atoms with van der Waals surface area (Å²) in [5.41, 5.74) is 0.862. The second-order valence-electron chi connectivity index (χ2n) is 14.4. The van der Waals surface area contributed by atoms with Crippen LogP contribution in [0.3, 0.4) is 0 Å². The van der Waals surface area contributed by atoms with Crippen LogP contribution in [0.5, 0.6) is 5.75 Å². The van der Waals surface area contributed by atoms with E-state index in [-0.39, 0.29) is 17.1 Å². The number of hydrogen-bond acceptors (Lipinski definition) is 8. The maximum atomic E-state index is 14.3. The van der Waals surface area contributed by atoms with Gasteiger partial charge in [-0.3, -0.25) is 0 Å². The van der Waals surface area contributed by atoms with E-state index in [9.17, 15) is 124 Å². The van der Waals surface area contributed by atoms with Gasteiger partial charge in [-0.05, 0) is 30.5 Å². The van der Waals surface area contributed by atoms with Gasteiger partial charge in [0, 0.05) is 12.4 Å². The van der Waals surface area contributed by atoms with Gasteiger partial charge in [0.25, 0.3) is 0 Å². The molecule has 1 heterocycles. The highest BCUT2D eigenvalue weighted by molar-refractivity contribution is 5.63. The molecule has 70 heavy (non-hydrogen) atoms. The largest absolute Gasteiger partial charge is 0.490 e. The molecule has 0 spiro atoms. The third kappa shape index (κ3) is 13.0. The van der Waals surface area contributed by atoms with Gasteiger partial charge in [-0.15, -0.1) is 0 Å². The fourth-order valence-electron chi connectivity index (χ4n) is 4.98. The standard InChI is InChI=1S/C35H31F27N2O6/c1-2-3-4-5-6-7-10-18-13-63-22(64-14-18)20-11-8-9-12-21(20)67-16-19(65)15-66-17-23(36,37)24(38,39)25(40,41)27(44,45)30(51,52)68-32(55,56)34(59,60)70-35(61,62)33(57,58)69-31(53,54)28(46,47)26(42,43)29(48,49)50/h8-9,11-14,19,65H,2-7,10,15-17H2,1H3/t19-/m0/s1. The quantitative estimate of drug-likeness (QED) is 0.0636. The average molecular weight is 1090 g/mol. The number of ether oxygens (including phenoxy) is 5. The zero-order chi connectivity index (χ0) is 54.7. The third-order valence-electron chi connectivity index (χ3n) is 8.85. The van der Waals surface area contributed by atoms with Crippen LogP contribution in [0.15, 0.2) is 36.7 Å². The summed E-state index contributed by atoms with van der Waals surface area (Å²) in [4.78, 5) is 8.35. The van der Waals surface area contributed by atoms with Gasteiger partial charge in [0.2, 0.25) is 0 Å². The highest BCUT2D eigenvalue weighted by Gasteiger charge is 2.89. The Bertz CT molecular complexity index is 1980. The van der Waals surface area contributed by atoms with E-state index in [4.69, 9.17) is 4.74 Å². The van der Waals surface area contributed by atoms with Crippen LogP contribution in [0.25, 0.3) is 11.4 Å². The van der Waals surface area contributed by atoms with Crippen molar-refractivity contribution in [2.75, 3.05) is 19.8 Å². The molecule has 0 aliphatic carbocycles. The van der Waals surface area contributed by atoms with Crippen LogP contribution in [0.1, 0.15) is 51.0 Å². The molecule has 1 aromatic heterocycles. The molecule has 0 amide bonds. The Hall–Kier alpha value is -3.99. The number of halogens is 27. The first-order valence-electron chi connectivity index (χ1n) is 18.8. The van der Waals surface area contributed by atoms with Crippen molar-refractivity contribution in [2.24, 2.45) is 0 Å². The lowest BCUT2D eigenvalue weighted by Crippen LogP contribution is -2.70. The number of benzene rings is 1. The summed E-state index contributed by atoms with van der Waals surface area (Å²) in [5.74, 6) is -49.3. The van der Waals surface area contributed by atoms with Crippen molar-refractivity contribution in [3.05, 3.63) is 42.2 Å². The summed E-state index contributed by atoms with van der Waals surface area (Å²) < 4.78 is 379. The van der Waals surface area contributed by atoms with Gasteiger partial charge in [0.05, 0.1) is 12.2 Å². The first kappa shape index (κ1) is 62.1.